The molecule has 0 aliphatic carbocycles. The number of aromatic nitrogens is 3. The minimum Gasteiger partial charge on any atom is -0.333 e. The first-order valence-corrected chi connectivity index (χ1v) is 25.2. The number of hydrogen-bond acceptors (Lipinski definition) is 3. The Hall–Kier alpha value is -5.23. The number of fused-ring (bicyclic) bond motifs is 2. The van der Waals surface area contributed by atoms with Crippen molar-refractivity contribution in [1.82, 2.24) is 14.5 Å². The smallest absolute Gasteiger partial charge is 0.0798 e. The third-order valence-electron chi connectivity index (χ3n) is 11.1. The molecule has 0 saturated carbocycles. The Morgan fingerprint density at radius 3 is 2.11 bits per heavy atom. The van der Waals surface area contributed by atoms with Crippen molar-refractivity contribution in [2.75, 3.05) is 0 Å². The van der Waals surface area contributed by atoms with Crippen molar-refractivity contribution < 1.29 is 20.1 Å². The minimum atomic E-state index is -1.37. The van der Waals surface area contributed by atoms with E-state index in [1.54, 1.807) is 11.3 Å². The number of imidazole rings is 1. The molecule has 3 aromatic heterocycles. The van der Waals surface area contributed by atoms with Crippen molar-refractivity contribution >= 4 is 45.7 Å². The van der Waals surface area contributed by atoms with Crippen molar-refractivity contribution in [2.45, 2.75) is 67.6 Å². The zero-order valence-corrected chi connectivity index (χ0v) is 40.9. The molecule has 3 heterocycles. The van der Waals surface area contributed by atoms with E-state index in [1.165, 1.54) is 59.8 Å². The summed E-state index contributed by atoms with van der Waals surface area (Å²) < 4.78 is 3.51. The number of hydrogen-bond donors (Lipinski definition) is 0. The molecule has 0 aliphatic rings. The largest absolute Gasteiger partial charge is 0.333 e. The summed E-state index contributed by atoms with van der Waals surface area (Å²) in [5, 5.41) is 6.29. The van der Waals surface area contributed by atoms with Gasteiger partial charge in [-0.15, -0.1) is 47.3 Å². The van der Waals surface area contributed by atoms with Crippen molar-refractivity contribution in [3.63, 3.8) is 0 Å². The summed E-state index contributed by atoms with van der Waals surface area (Å²) in [5.74, 6) is 0.925. The average molecular weight is 1010 g/mol. The molecule has 1 radical (unpaired) electrons. The number of thiophene rings is 1. The molecule has 61 heavy (non-hydrogen) atoms. The van der Waals surface area contributed by atoms with E-state index in [9.17, 15) is 0 Å². The Bertz CT molecular complexity index is 2930. The van der Waals surface area contributed by atoms with E-state index in [2.05, 4.69) is 205 Å². The number of pyridine rings is 1. The standard InChI is InChI=1S/C36H27N2S.C19H26NSi.Ir/c1-23-10-9-11-24(2)35(23)27-16-18-30-31(22-39-34(30)21-27)36-37-32-14-7-8-15-33(32)38(36)28-17-19-29(25(3)20-28)26-12-5-4-6-13-26;1-19(2,3)13-16-12-17(15-10-8-7-9-11-15)20-14-18(16)21(4,5)6;/h4-21H,1-3H3;7-10,12,14H,13H2,1-6H3;/q2*-1;. The van der Waals surface area contributed by atoms with E-state index in [-0.39, 0.29) is 25.5 Å². The van der Waals surface area contributed by atoms with Gasteiger partial charge in [-0.05, 0) is 107 Å². The second kappa shape index (κ2) is 18.0. The van der Waals surface area contributed by atoms with E-state index >= 15 is 0 Å². The maximum atomic E-state index is 5.14. The van der Waals surface area contributed by atoms with Gasteiger partial charge in [0.2, 0.25) is 0 Å². The van der Waals surface area contributed by atoms with Crippen LogP contribution in [0.2, 0.25) is 19.6 Å². The average Bonchev–Trinajstić information content (AvgIpc) is 3.82. The van der Waals surface area contributed by atoms with Crippen molar-refractivity contribution in [2.24, 2.45) is 5.41 Å². The molecule has 0 bridgehead atoms. The van der Waals surface area contributed by atoms with E-state index < -0.39 is 8.07 Å². The number of benzene rings is 6. The molecule has 9 rings (SSSR count). The predicted molar refractivity (Wildman–Crippen MR) is 260 cm³/mol. The van der Waals surface area contributed by atoms with Crippen LogP contribution < -0.4 is 5.19 Å². The Morgan fingerprint density at radius 1 is 0.705 bits per heavy atom. The van der Waals surface area contributed by atoms with E-state index in [0.717, 1.165) is 45.8 Å². The van der Waals surface area contributed by atoms with Gasteiger partial charge >= 0.3 is 0 Å². The van der Waals surface area contributed by atoms with Gasteiger partial charge in [0.1, 0.15) is 0 Å². The summed E-state index contributed by atoms with van der Waals surface area (Å²) in [6.45, 7) is 20.6. The summed E-state index contributed by atoms with van der Waals surface area (Å²) in [6, 6.07) is 52.6. The molecule has 0 amide bonds. The van der Waals surface area contributed by atoms with Gasteiger partial charge in [-0.3, -0.25) is 16.3 Å². The quantitative estimate of drug-likeness (QED) is 0.118. The van der Waals surface area contributed by atoms with Crippen LogP contribution in [-0.2, 0) is 26.5 Å². The van der Waals surface area contributed by atoms with E-state index in [0.29, 0.717) is 0 Å². The van der Waals surface area contributed by atoms with Crippen LogP contribution in [0.25, 0.3) is 71.7 Å². The second-order valence-electron chi connectivity index (χ2n) is 18.2. The Kier molecular flexibility index (Phi) is 12.9. The van der Waals surface area contributed by atoms with Crippen LogP contribution in [0.1, 0.15) is 43.0 Å². The summed E-state index contributed by atoms with van der Waals surface area (Å²) in [5.41, 5.74) is 17.0. The monoisotopic (exact) mass is 1010 g/mol. The summed E-state index contributed by atoms with van der Waals surface area (Å²) >= 11 is 1.67. The number of rotatable bonds is 7. The molecule has 9 aromatic rings. The SMILES string of the molecule is CC(C)(C)Cc1cc(-c2[c-]cccc2)ncc1[Si](C)(C)C.Cc1cc(-n2c(-c3[c-]sc4cc(-c5c(C)cccc5C)ccc34)nc3ccccc32)ccc1-c1ccccc1.[Ir]. The zero-order valence-electron chi connectivity index (χ0n) is 36.6. The predicted octanol–water partition coefficient (Wildman–Crippen LogP) is 14.6. The summed E-state index contributed by atoms with van der Waals surface area (Å²) in [6.07, 6.45) is 3.21. The van der Waals surface area contributed by atoms with Gasteiger partial charge in [-0.1, -0.05) is 147 Å². The van der Waals surface area contributed by atoms with Gasteiger partial charge in [0, 0.05) is 32.0 Å². The van der Waals surface area contributed by atoms with Crippen LogP contribution in [0, 0.1) is 37.6 Å². The minimum absolute atomic E-state index is 0. The number of aryl methyl sites for hydroxylation is 3. The molecule has 309 valence electrons. The molecule has 3 nitrogen and oxygen atoms in total. The van der Waals surface area contributed by atoms with Crippen LogP contribution in [0.5, 0.6) is 0 Å². The van der Waals surface area contributed by atoms with E-state index in [1.807, 2.05) is 18.2 Å². The molecule has 6 heteroatoms. The van der Waals surface area contributed by atoms with Crippen LogP contribution in [0.15, 0.2) is 146 Å². The maximum absolute atomic E-state index is 5.14. The van der Waals surface area contributed by atoms with Crippen LogP contribution >= 0.6 is 11.3 Å². The van der Waals surface area contributed by atoms with Gasteiger partial charge in [0.25, 0.3) is 0 Å². The normalized spacial score (nSPS) is 11.6. The van der Waals surface area contributed by atoms with Crippen LogP contribution in [0.4, 0.5) is 0 Å². The first-order valence-electron chi connectivity index (χ1n) is 20.9. The van der Waals surface area contributed by atoms with Crippen LogP contribution in [0.3, 0.4) is 0 Å². The van der Waals surface area contributed by atoms with Gasteiger partial charge in [-0.25, -0.2) is 0 Å². The van der Waals surface area contributed by atoms with E-state index in [4.69, 9.17) is 9.97 Å². The molecule has 0 fully saturated rings. The van der Waals surface area contributed by atoms with Crippen molar-refractivity contribution in [3.05, 3.63) is 179 Å². The third-order valence-corrected chi connectivity index (χ3v) is 14.1. The van der Waals surface area contributed by atoms with Crippen molar-refractivity contribution in [1.29, 1.82) is 0 Å². The fourth-order valence-electron chi connectivity index (χ4n) is 8.34. The van der Waals surface area contributed by atoms with Gasteiger partial charge < -0.3 is 9.55 Å². The zero-order chi connectivity index (χ0) is 42.2. The summed E-state index contributed by atoms with van der Waals surface area (Å²) in [7, 11) is -1.37. The maximum Gasteiger partial charge on any atom is 0.0798 e. The Morgan fingerprint density at radius 2 is 1.43 bits per heavy atom. The van der Waals surface area contributed by atoms with Crippen LogP contribution in [-0.4, -0.2) is 22.6 Å². The molecule has 6 aromatic carbocycles. The molecule has 0 aliphatic heterocycles. The number of nitrogens with zero attached hydrogens (tertiary/aromatic N) is 3. The van der Waals surface area contributed by atoms with Gasteiger partial charge in [0.15, 0.2) is 0 Å². The number of para-hydroxylation sites is 2. The fraction of sp³-hybridized carbons (Fsp3) is 0.200. The molecule has 0 atom stereocenters. The third kappa shape index (κ3) is 9.49. The Labute approximate surface area is 381 Å². The molecule has 0 N–H and O–H groups in total. The fourth-order valence-corrected chi connectivity index (χ4v) is 10.8. The molecular formula is C55H53IrN3SSi-2. The molecule has 0 unspecified atom stereocenters. The second-order valence-corrected chi connectivity index (χ2v) is 24.1. The Balaban J connectivity index is 0.000000217. The molecular weight excluding hydrogens is 955 g/mol. The molecule has 0 saturated heterocycles. The van der Waals surface area contributed by atoms with Gasteiger partial charge in [-0.2, -0.15) is 0 Å². The molecule has 0 spiro atoms. The summed E-state index contributed by atoms with van der Waals surface area (Å²) in [4.78, 5) is 9.85. The first kappa shape index (κ1) is 43.8. The topological polar surface area (TPSA) is 30.7 Å². The van der Waals surface area contributed by atoms with Gasteiger partial charge in [0.05, 0.1) is 24.9 Å². The van der Waals surface area contributed by atoms with Crippen molar-refractivity contribution in [3.8, 4) is 50.6 Å². The first-order chi connectivity index (χ1) is 28.7.